The average Bonchev–Trinajstić information content (AvgIpc) is 2.44. The maximum Gasteiger partial charge on any atom is 0.309 e. The number of carboxylic acids is 1. The topological polar surface area (TPSA) is 92.3 Å². The fraction of sp³-hybridized carbons (Fsp3) is 0.312. The van der Waals surface area contributed by atoms with Crippen LogP contribution in [0.25, 0.3) is 11.4 Å². The van der Waals surface area contributed by atoms with E-state index in [2.05, 4.69) is 23.8 Å². The van der Waals surface area contributed by atoms with E-state index in [0.29, 0.717) is 23.9 Å². The van der Waals surface area contributed by atoms with Gasteiger partial charge in [0.25, 0.3) is 5.56 Å². The highest BCUT2D eigenvalue weighted by Gasteiger charge is 2.08. The predicted molar refractivity (Wildman–Crippen MR) is 82.0 cm³/mol. The largest absolute Gasteiger partial charge is 0.493 e. The van der Waals surface area contributed by atoms with Gasteiger partial charge in [-0.15, -0.1) is 0 Å². The molecule has 2 aromatic rings. The highest BCUT2D eigenvalue weighted by molar-refractivity contribution is 5.69. The van der Waals surface area contributed by atoms with Gasteiger partial charge in [-0.25, -0.2) is 4.98 Å². The Balaban J connectivity index is 2.22. The monoisotopic (exact) mass is 302 g/mol. The van der Waals surface area contributed by atoms with Crippen molar-refractivity contribution in [2.24, 2.45) is 5.92 Å². The van der Waals surface area contributed by atoms with Crippen LogP contribution in [0.2, 0.25) is 0 Å². The molecule has 0 spiro atoms. The summed E-state index contributed by atoms with van der Waals surface area (Å²) in [4.78, 5) is 29.1. The Kier molecular flexibility index (Phi) is 4.93. The third-order valence-corrected chi connectivity index (χ3v) is 2.84. The van der Waals surface area contributed by atoms with Crippen LogP contribution < -0.4 is 10.3 Å². The zero-order valence-electron chi connectivity index (χ0n) is 12.5. The molecule has 0 unspecified atom stereocenters. The molecule has 0 atom stereocenters. The van der Waals surface area contributed by atoms with Gasteiger partial charge >= 0.3 is 5.97 Å². The van der Waals surface area contributed by atoms with E-state index < -0.39 is 5.97 Å². The molecule has 6 heteroatoms. The van der Waals surface area contributed by atoms with Crippen LogP contribution in [-0.4, -0.2) is 27.7 Å². The number of hydrogen-bond donors (Lipinski definition) is 2. The molecule has 0 radical (unpaired) electrons. The van der Waals surface area contributed by atoms with Crippen LogP contribution in [0, 0.1) is 5.92 Å². The number of carbonyl (C=O) groups is 1. The number of H-pyrrole nitrogens is 1. The lowest BCUT2D eigenvalue weighted by Crippen LogP contribution is -2.13. The third kappa shape index (κ3) is 4.44. The Morgan fingerprint density at radius 3 is 2.59 bits per heavy atom. The molecule has 0 amide bonds. The first-order chi connectivity index (χ1) is 10.4. The average molecular weight is 302 g/mol. The van der Waals surface area contributed by atoms with Crippen molar-refractivity contribution in [2.75, 3.05) is 6.61 Å². The summed E-state index contributed by atoms with van der Waals surface area (Å²) in [5, 5.41) is 8.79. The summed E-state index contributed by atoms with van der Waals surface area (Å²) in [5.41, 5.74) is 0.550. The maximum atomic E-state index is 11.6. The van der Waals surface area contributed by atoms with Crippen molar-refractivity contribution in [1.29, 1.82) is 0 Å². The van der Waals surface area contributed by atoms with Crippen LogP contribution in [0.5, 0.6) is 5.75 Å². The Morgan fingerprint density at radius 1 is 1.32 bits per heavy atom. The van der Waals surface area contributed by atoms with Gasteiger partial charge in [-0.3, -0.25) is 9.59 Å². The van der Waals surface area contributed by atoms with Crippen LogP contribution in [0.1, 0.15) is 19.5 Å². The van der Waals surface area contributed by atoms with Gasteiger partial charge in [0.2, 0.25) is 0 Å². The predicted octanol–water partition coefficient (Wildman–Crippen LogP) is 2.10. The van der Waals surface area contributed by atoms with Crippen LogP contribution in [-0.2, 0) is 11.2 Å². The molecule has 0 saturated carbocycles. The lowest BCUT2D eigenvalue weighted by molar-refractivity contribution is -0.136. The minimum Gasteiger partial charge on any atom is -0.493 e. The van der Waals surface area contributed by atoms with Crippen LogP contribution >= 0.6 is 0 Å². The number of carboxylic acid groups (broad SMARTS) is 1. The Hall–Kier alpha value is -2.63. The zero-order valence-corrected chi connectivity index (χ0v) is 12.5. The summed E-state index contributed by atoms with van der Waals surface area (Å²) in [5.74, 6) is 0.493. The highest BCUT2D eigenvalue weighted by atomic mass is 16.5. The van der Waals surface area contributed by atoms with Crippen molar-refractivity contribution < 1.29 is 14.6 Å². The van der Waals surface area contributed by atoms with Crippen molar-refractivity contribution in [3.8, 4) is 17.1 Å². The number of aliphatic carboxylic acids is 1. The highest BCUT2D eigenvalue weighted by Crippen LogP contribution is 2.19. The van der Waals surface area contributed by atoms with Gasteiger partial charge in [0.05, 0.1) is 18.7 Å². The van der Waals surface area contributed by atoms with E-state index in [9.17, 15) is 9.59 Å². The first kappa shape index (κ1) is 15.8. The molecule has 0 aliphatic rings. The summed E-state index contributed by atoms with van der Waals surface area (Å²) >= 11 is 0. The first-order valence-corrected chi connectivity index (χ1v) is 6.99. The van der Waals surface area contributed by atoms with Crippen molar-refractivity contribution in [3.63, 3.8) is 0 Å². The van der Waals surface area contributed by atoms with Crippen LogP contribution in [0.3, 0.4) is 0 Å². The lowest BCUT2D eigenvalue weighted by Gasteiger charge is -2.09. The summed E-state index contributed by atoms with van der Waals surface area (Å²) in [6, 6.07) is 8.33. The third-order valence-electron chi connectivity index (χ3n) is 2.84. The molecule has 0 bridgehead atoms. The Morgan fingerprint density at radius 2 is 2.00 bits per heavy atom. The molecule has 0 aliphatic heterocycles. The van der Waals surface area contributed by atoms with Gasteiger partial charge in [-0.05, 0) is 30.2 Å². The minimum atomic E-state index is -1.03. The van der Waals surface area contributed by atoms with E-state index in [-0.39, 0.29) is 17.7 Å². The van der Waals surface area contributed by atoms with Crippen LogP contribution in [0.15, 0.2) is 35.1 Å². The van der Waals surface area contributed by atoms with Gasteiger partial charge in [-0.2, -0.15) is 0 Å². The van der Waals surface area contributed by atoms with Gasteiger partial charge in [0.15, 0.2) is 0 Å². The standard InChI is InChI=1S/C16H18N2O4/c1-10(2)9-22-13-5-3-11(4-6-13)16-17-12(8-15(20)21)7-14(19)18-16/h3-7,10H,8-9H2,1-2H3,(H,20,21)(H,17,18,19). The van der Waals surface area contributed by atoms with Crippen molar-refractivity contribution >= 4 is 5.97 Å². The van der Waals surface area contributed by atoms with E-state index in [1.807, 2.05) is 0 Å². The maximum absolute atomic E-state index is 11.6. The van der Waals surface area contributed by atoms with Crippen molar-refractivity contribution in [1.82, 2.24) is 9.97 Å². The van der Waals surface area contributed by atoms with E-state index in [1.165, 1.54) is 6.07 Å². The molecule has 2 N–H and O–H groups in total. The molecular formula is C16H18N2O4. The number of ether oxygens (including phenoxy) is 1. The molecule has 0 fully saturated rings. The summed E-state index contributed by atoms with van der Waals surface area (Å²) < 4.78 is 5.59. The van der Waals surface area contributed by atoms with Crippen molar-refractivity contribution in [3.05, 3.63) is 46.4 Å². The van der Waals surface area contributed by atoms with E-state index in [4.69, 9.17) is 9.84 Å². The second-order valence-electron chi connectivity index (χ2n) is 5.39. The summed E-state index contributed by atoms with van der Waals surface area (Å²) in [7, 11) is 0. The number of nitrogens with zero attached hydrogens (tertiary/aromatic N) is 1. The molecule has 22 heavy (non-hydrogen) atoms. The molecule has 1 aromatic heterocycles. The SMILES string of the molecule is CC(C)COc1ccc(-c2nc(CC(=O)O)cc(=O)[nH]2)cc1. The Labute approximate surface area is 127 Å². The Bertz CT molecular complexity index is 705. The number of rotatable bonds is 6. The van der Waals surface area contributed by atoms with Crippen molar-refractivity contribution in [2.45, 2.75) is 20.3 Å². The molecule has 1 heterocycles. The fourth-order valence-electron chi connectivity index (χ4n) is 1.86. The normalized spacial score (nSPS) is 10.7. The second-order valence-corrected chi connectivity index (χ2v) is 5.39. The number of aromatic nitrogens is 2. The number of hydrogen-bond acceptors (Lipinski definition) is 4. The number of benzene rings is 1. The zero-order chi connectivity index (χ0) is 16.1. The van der Waals surface area contributed by atoms with Gasteiger partial charge in [0, 0.05) is 11.6 Å². The second kappa shape index (κ2) is 6.89. The fourth-order valence-corrected chi connectivity index (χ4v) is 1.86. The minimum absolute atomic E-state index is 0.228. The van der Waals surface area contributed by atoms with Crippen LogP contribution in [0.4, 0.5) is 0 Å². The number of aromatic amines is 1. The number of nitrogens with one attached hydrogen (secondary N) is 1. The quantitative estimate of drug-likeness (QED) is 0.852. The lowest BCUT2D eigenvalue weighted by atomic mass is 10.2. The summed E-state index contributed by atoms with van der Waals surface area (Å²) in [6.07, 6.45) is -0.285. The molecule has 0 saturated heterocycles. The molecule has 0 aliphatic carbocycles. The van der Waals surface area contributed by atoms with Gasteiger partial charge in [0.1, 0.15) is 11.6 Å². The van der Waals surface area contributed by atoms with E-state index in [1.54, 1.807) is 24.3 Å². The van der Waals surface area contributed by atoms with E-state index >= 15 is 0 Å². The molecule has 2 rings (SSSR count). The van der Waals surface area contributed by atoms with Gasteiger partial charge < -0.3 is 14.8 Å². The molecule has 6 nitrogen and oxygen atoms in total. The van der Waals surface area contributed by atoms with Gasteiger partial charge in [-0.1, -0.05) is 13.8 Å². The molecular weight excluding hydrogens is 284 g/mol. The molecule has 116 valence electrons. The summed E-state index contributed by atoms with van der Waals surface area (Å²) in [6.45, 7) is 4.76. The van der Waals surface area contributed by atoms with E-state index in [0.717, 1.165) is 5.75 Å². The molecule has 1 aromatic carbocycles. The smallest absolute Gasteiger partial charge is 0.309 e. The first-order valence-electron chi connectivity index (χ1n) is 6.99.